The summed E-state index contributed by atoms with van der Waals surface area (Å²) in [5.41, 5.74) is 0.344. The van der Waals surface area contributed by atoms with Gasteiger partial charge in [-0.1, -0.05) is 17.3 Å². The normalized spacial score (nSPS) is 19.0. The number of aromatic nitrogens is 2. The van der Waals surface area contributed by atoms with Crippen LogP contribution in [-0.4, -0.2) is 64.4 Å². The summed E-state index contributed by atoms with van der Waals surface area (Å²) in [6.07, 6.45) is 4.54. The highest BCUT2D eigenvalue weighted by molar-refractivity contribution is 5.95. The molecule has 1 atom stereocenters. The lowest BCUT2D eigenvalue weighted by Crippen LogP contribution is -2.25. The SMILES string of the molecule is CO/N=C1\CN(c2nc3c(cc2F)c(=O)c(C(=O)O)cn3C2CC2)CC1CN=Cc1ccccc1O. The lowest BCUT2D eigenvalue weighted by Gasteiger charge is -2.19. The number of carboxylic acid groups (broad SMARTS) is 1. The molecule has 2 N–H and O–H groups in total. The summed E-state index contributed by atoms with van der Waals surface area (Å²) in [5, 5.41) is 23.4. The third-order valence-corrected chi connectivity index (χ3v) is 6.38. The fraction of sp³-hybridized carbons (Fsp3) is 0.320. The first kappa shape index (κ1) is 23.5. The highest BCUT2D eigenvalue weighted by atomic mass is 19.1. The molecule has 36 heavy (non-hydrogen) atoms. The summed E-state index contributed by atoms with van der Waals surface area (Å²) in [6.45, 7) is 0.939. The van der Waals surface area contributed by atoms with Crippen LogP contribution in [-0.2, 0) is 4.84 Å². The summed E-state index contributed by atoms with van der Waals surface area (Å²) >= 11 is 0. The molecule has 2 aromatic heterocycles. The average Bonchev–Trinajstić information content (AvgIpc) is 3.62. The Hall–Kier alpha value is -4.28. The minimum atomic E-state index is -1.35. The zero-order valence-corrected chi connectivity index (χ0v) is 19.5. The molecule has 0 spiro atoms. The van der Waals surface area contributed by atoms with Crippen molar-refractivity contribution < 1.29 is 24.2 Å². The molecule has 0 radical (unpaired) electrons. The number of benzene rings is 1. The van der Waals surface area contributed by atoms with Crippen molar-refractivity contribution in [3.63, 3.8) is 0 Å². The molecule has 2 aliphatic rings. The maximum absolute atomic E-state index is 15.3. The molecule has 0 bridgehead atoms. The number of anilines is 1. The van der Waals surface area contributed by atoms with Gasteiger partial charge in [0.05, 0.1) is 17.6 Å². The van der Waals surface area contributed by atoms with E-state index >= 15 is 4.39 Å². The first-order valence-electron chi connectivity index (χ1n) is 11.5. The third-order valence-electron chi connectivity index (χ3n) is 6.38. The number of phenols is 1. The minimum absolute atomic E-state index is 0.0256. The first-order valence-corrected chi connectivity index (χ1v) is 11.5. The number of para-hydroxylation sites is 1. The molecule has 2 fully saturated rings. The molecular weight excluding hydrogens is 469 g/mol. The monoisotopic (exact) mass is 493 g/mol. The summed E-state index contributed by atoms with van der Waals surface area (Å²) in [5.74, 6) is -2.10. The van der Waals surface area contributed by atoms with Gasteiger partial charge in [0.15, 0.2) is 11.6 Å². The summed E-state index contributed by atoms with van der Waals surface area (Å²) < 4.78 is 16.9. The number of carboxylic acids is 1. The Kier molecular flexibility index (Phi) is 6.13. The summed E-state index contributed by atoms with van der Waals surface area (Å²) in [6, 6.07) is 7.94. The van der Waals surface area contributed by atoms with Crippen LogP contribution in [0.3, 0.4) is 0 Å². The molecule has 3 aromatic rings. The molecule has 5 rings (SSSR count). The van der Waals surface area contributed by atoms with E-state index < -0.39 is 22.8 Å². The molecule has 1 aliphatic carbocycles. The van der Waals surface area contributed by atoms with Crippen LogP contribution in [0.4, 0.5) is 10.2 Å². The van der Waals surface area contributed by atoms with Crippen LogP contribution in [0.1, 0.15) is 34.8 Å². The second-order valence-electron chi connectivity index (χ2n) is 8.88. The third kappa shape index (κ3) is 4.39. The summed E-state index contributed by atoms with van der Waals surface area (Å²) in [7, 11) is 1.43. The van der Waals surface area contributed by atoms with Gasteiger partial charge in [-0.05, 0) is 31.0 Å². The zero-order valence-electron chi connectivity index (χ0n) is 19.5. The van der Waals surface area contributed by atoms with E-state index in [0.717, 1.165) is 18.9 Å². The highest BCUT2D eigenvalue weighted by Gasteiger charge is 2.33. The largest absolute Gasteiger partial charge is 0.507 e. The number of pyridine rings is 2. The van der Waals surface area contributed by atoms with E-state index in [1.54, 1.807) is 39.9 Å². The molecular formula is C25H24FN5O5. The fourth-order valence-electron chi connectivity index (χ4n) is 4.42. The van der Waals surface area contributed by atoms with Gasteiger partial charge >= 0.3 is 5.97 Å². The van der Waals surface area contributed by atoms with Crippen LogP contribution in [0.5, 0.6) is 5.75 Å². The van der Waals surface area contributed by atoms with E-state index in [1.807, 2.05) is 0 Å². The van der Waals surface area contributed by atoms with E-state index in [2.05, 4.69) is 15.1 Å². The number of aromatic hydroxyl groups is 1. The predicted octanol–water partition coefficient (Wildman–Crippen LogP) is 2.83. The van der Waals surface area contributed by atoms with Crippen molar-refractivity contribution in [3.8, 4) is 5.75 Å². The van der Waals surface area contributed by atoms with Gasteiger partial charge in [0.1, 0.15) is 24.1 Å². The molecule has 11 heteroatoms. The van der Waals surface area contributed by atoms with Crippen molar-refractivity contribution in [1.82, 2.24) is 9.55 Å². The smallest absolute Gasteiger partial charge is 0.341 e. The van der Waals surface area contributed by atoms with Crippen molar-refractivity contribution in [3.05, 3.63) is 63.7 Å². The van der Waals surface area contributed by atoms with E-state index in [1.165, 1.54) is 13.3 Å². The number of phenolic OH excluding ortho intramolecular Hbond substituents is 1. The molecule has 1 aromatic carbocycles. The van der Waals surface area contributed by atoms with E-state index in [4.69, 9.17) is 4.84 Å². The number of aromatic carboxylic acids is 1. The predicted molar refractivity (Wildman–Crippen MR) is 132 cm³/mol. The molecule has 10 nitrogen and oxygen atoms in total. The number of carbonyl (C=O) groups is 1. The molecule has 186 valence electrons. The number of oxime groups is 1. The van der Waals surface area contributed by atoms with Crippen molar-refractivity contribution in [2.45, 2.75) is 18.9 Å². The minimum Gasteiger partial charge on any atom is -0.507 e. The van der Waals surface area contributed by atoms with Gasteiger partial charge in [-0.3, -0.25) is 9.79 Å². The Morgan fingerprint density at radius 3 is 2.81 bits per heavy atom. The van der Waals surface area contributed by atoms with E-state index in [0.29, 0.717) is 24.4 Å². The second kappa shape index (κ2) is 9.40. The van der Waals surface area contributed by atoms with Gasteiger partial charge in [-0.25, -0.2) is 14.2 Å². The molecule has 0 amide bonds. The quantitative estimate of drug-likeness (QED) is 0.382. The molecule has 1 aliphatic heterocycles. The number of aliphatic imine (C=N–C) groups is 1. The molecule has 3 heterocycles. The Bertz CT molecular complexity index is 1460. The zero-order chi connectivity index (χ0) is 25.4. The van der Waals surface area contributed by atoms with Crippen molar-refractivity contribution in [1.29, 1.82) is 0 Å². The number of nitrogens with zero attached hydrogens (tertiary/aromatic N) is 5. The topological polar surface area (TPSA) is 130 Å². The van der Waals surface area contributed by atoms with Gasteiger partial charge in [0.25, 0.3) is 0 Å². The standard InChI is InChI=1S/C25H24FN5O5/c1-36-29-20-13-30(11-15(20)10-27-9-14-4-2-3-5-21(14)32)24-19(26)8-17-22(33)18(25(34)35)12-31(16-6-7-16)23(17)28-24/h2-5,8-9,12,15-16,32H,6-7,10-11,13H2,1H3,(H,34,35)/b27-9?,29-20+. The number of hydrogen-bond acceptors (Lipinski definition) is 8. The number of halogens is 1. The molecule has 1 saturated heterocycles. The van der Waals surface area contributed by atoms with E-state index in [-0.39, 0.29) is 41.1 Å². The average molecular weight is 493 g/mol. The summed E-state index contributed by atoms with van der Waals surface area (Å²) in [4.78, 5) is 39.9. The van der Waals surface area contributed by atoms with Crippen molar-refractivity contribution >= 4 is 34.7 Å². The Labute approximate surface area is 205 Å². The van der Waals surface area contributed by atoms with Crippen LogP contribution < -0.4 is 10.3 Å². The van der Waals surface area contributed by atoms with Gasteiger partial charge in [-0.15, -0.1) is 0 Å². The van der Waals surface area contributed by atoms with Crippen molar-refractivity contribution in [2.75, 3.05) is 31.6 Å². The Balaban J connectivity index is 1.47. The van der Waals surface area contributed by atoms with Gasteiger partial charge < -0.3 is 24.5 Å². The molecule has 1 saturated carbocycles. The van der Waals surface area contributed by atoms with Gasteiger partial charge in [0, 0.05) is 43.0 Å². The van der Waals surface area contributed by atoms with Crippen LogP contribution in [0.25, 0.3) is 11.0 Å². The fourth-order valence-corrected chi connectivity index (χ4v) is 4.42. The number of fused-ring (bicyclic) bond motifs is 1. The van der Waals surface area contributed by atoms with Crippen molar-refractivity contribution in [2.24, 2.45) is 16.1 Å². The lowest BCUT2D eigenvalue weighted by molar-refractivity contribution is 0.0695. The molecule has 1 unspecified atom stereocenters. The van der Waals surface area contributed by atoms with Gasteiger partial charge in [0.2, 0.25) is 5.43 Å². The number of hydrogen-bond donors (Lipinski definition) is 2. The van der Waals surface area contributed by atoms with Crippen LogP contribution >= 0.6 is 0 Å². The van der Waals surface area contributed by atoms with E-state index in [9.17, 15) is 19.8 Å². The second-order valence-corrected chi connectivity index (χ2v) is 8.88. The van der Waals surface area contributed by atoms with Gasteiger partial charge in [-0.2, -0.15) is 0 Å². The Morgan fingerprint density at radius 2 is 2.11 bits per heavy atom. The first-order chi connectivity index (χ1) is 17.4. The Morgan fingerprint density at radius 1 is 1.33 bits per heavy atom. The highest BCUT2D eigenvalue weighted by Crippen LogP contribution is 2.37. The maximum Gasteiger partial charge on any atom is 0.341 e. The maximum atomic E-state index is 15.3. The van der Waals surface area contributed by atoms with Crippen LogP contribution in [0.15, 0.2) is 51.5 Å². The van der Waals surface area contributed by atoms with Crippen LogP contribution in [0, 0.1) is 11.7 Å². The lowest BCUT2D eigenvalue weighted by atomic mass is 10.1. The van der Waals surface area contributed by atoms with Crippen LogP contribution in [0.2, 0.25) is 0 Å². The number of rotatable bonds is 7.